The molecule has 0 radical (unpaired) electrons. The van der Waals surface area contributed by atoms with E-state index >= 15 is 0 Å². The lowest BCUT2D eigenvalue weighted by molar-refractivity contribution is -0.104. The highest BCUT2D eigenvalue weighted by Crippen LogP contribution is 2.10. The standard InChI is InChI=1S/C10H18O2/c1-8(2)10(12-4)6-5-9(3)7-11/h5,7-8,10H,6H2,1-4H3. The maximum atomic E-state index is 10.3. The van der Waals surface area contributed by atoms with Gasteiger partial charge in [-0.15, -0.1) is 0 Å². The van der Waals surface area contributed by atoms with E-state index < -0.39 is 0 Å². The predicted molar refractivity (Wildman–Crippen MR) is 50.1 cm³/mol. The maximum Gasteiger partial charge on any atom is 0.145 e. The maximum absolute atomic E-state index is 10.3. The van der Waals surface area contributed by atoms with Gasteiger partial charge in [0.2, 0.25) is 0 Å². The molecule has 1 unspecified atom stereocenters. The van der Waals surface area contributed by atoms with Crippen LogP contribution in [-0.2, 0) is 9.53 Å². The molecule has 0 fully saturated rings. The Balaban J connectivity index is 3.95. The molecular formula is C10H18O2. The van der Waals surface area contributed by atoms with Crippen LogP contribution in [0.25, 0.3) is 0 Å². The zero-order chi connectivity index (χ0) is 9.56. The van der Waals surface area contributed by atoms with Crippen molar-refractivity contribution in [2.24, 2.45) is 5.92 Å². The summed E-state index contributed by atoms with van der Waals surface area (Å²) >= 11 is 0. The quantitative estimate of drug-likeness (QED) is 0.467. The minimum Gasteiger partial charge on any atom is -0.381 e. The van der Waals surface area contributed by atoms with Crippen LogP contribution in [0.4, 0.5) is 0 Å². The molecule has 12 heavy (non-hydrogen) atoms. The van der Waals surface area contributed by atoms with Gasteiger partial charge in [-0.2, -0.15) is 0 Å². The molecule has 0 rings (SSSR count). The minimum absolute atomic E-state index is 0.222. The summed E-state index contributed by atoms with van der Waals surface area (Å²) in [5.74, 6) is 0.491. The minimum atomic E-state index is 0.222. The average Bonchev–Trinajstić information content (AvgIpc) is 2.04. The van der Waals surface area contributed by atoms with Crippen molar-refractivity contribution in [2.45, 2.75) is 33.3 Å². The summed E-state index contributed by atoms with van der Waals surface area (Å²) in [6.07, 6.45) is 3.83. The molecule has 0 amide bonds. The lowest BCUT2D eigenvalue weighted by Gasteiger charge is -2.16. The Morgan fingerprint density at radius 3 is 2.42 bits per heavy atom. The molecule has 0 aromatic heterocycles. The molecule has 0 aromatic carbocycles. The average molecular weight is 170 g/mol. The van der Waals surface area contributed by atoms with Crippen molar-refractivity contribution in [3.8, 4) is 0 Å². The molecule has 0 spiro atoms. The second kappa shape index (κ2) is 5.95. The molecular weight excluding hydrogens is 152 g/mol. The SMILES string of the molecule is COC(CC=C(C)C=O)C(C)C. The van der Waals surface area contributed by atoms with Crippen LogP contribution in [0.2, 0.25) is 0 Å². The highest BCUT2D eigenvalue weighted by molar-refractivity contribution is 5.71. The summed E-state index contributed by atoms with van der Waals surface area (Å²) in [5, 5.41) is 0. The van der Waals surface area contributed by atoms with Gasteiger partial charge in [0, 0.05) is 7.11 Å². The van der Waals surface area contributed by atoms with Crippen molar-refractivity contribution < 1.29 is 9.53 Å². The molecule has 0 aliphatic heterocycles. The van der Waals surface area contributed by atoms with E-state index in [4.69, 9.17) is 4.74 Å². The summed E-state index contributed by atoms with van der Waals surface area (Å²) in [5.41, 5.74) is 0.776. The van der Waals surface area contributed by atoms with Crippen molar-refractivity contribution in [3.05, 3.63) is 11.6 Å². The molecule has 0 aliphatic rings. The zero-order valence-corrected chi connectivity index (χ0v) is 8.33. The van der Waals surface area contributed by atoms with E-state index in [0.717, 1.165) is 18.3 Å². The van der Waals surface area contributed by atoms with Gasteiger partial charge in [-0.3, -0.25) is 4.79 Å². The summed E-state index contributed by atoms with van der Waals surface area (Å²) in [7, 11) is 1.70. The van der Waals surface area contributed by atoms with Gasteiger partial charge in [-0.25, -0.2) is 0 Å². The number of carbonyl (C=O) groups is 1. The number of carbonyl (C=O) groups excluding carboxylic acids is 1. The number of hydrogen-bond donors (Lipinski definition) is 0. The zero-order valence-electron chi connectivity index (χ0n) is 8.33. The second-order valence-corrected chi connectivity index (χ2v) is 3.32. The van der Waals surface area contributed by atoms with Gasteiger partial charge >= 0.3 is 0 Å². The van der Waals surface area contributed by atoms with Gasteiger partial charge in [0.25, 0.3) is 0 Å². The van der Waals surface area contributed by atoms with E-state index in [1.807, 2.05) is 6.08 Å². The first-order valence-corrected chi connectivity index (χ1v) is 4.26. The molecule has 0 aliphatic carbocycles. The fourth-order valence-corrected chi connectivity index (χ4v) is 0.991. The number of hydrogen-bond acceptors (Lipinski definition) is 2. The lowest BCUT2D eigenvalue weighted by Crippen LogP contribution is -2.16. The van der Waals surface area contributed by atoms with Crippen LogP contribution in [0.3, 0.4) is 0 Å². The van der Waals surface area contributed by atoms with E-state index in [0.29, 0.717) is 5.92 Å². The Morgan fingerprint density at radius 2 is 2.08 bits per heavy atom. The topological polar surface area (TPSA) is 26.3 Å². The largest absolute Gasteiger partial charge is 0.381 e. The third-order valence-electron chi connectivity index (χ3n) is 1.90. The Labute approximate surface area is 74.6 Å². The Hall–Kier alpha value is -0.630. The van der Waals surface area contributed by atoms with Crippen molar-refractivity contribution in [2.75, 3.05) is 7.11 Å². The third kappa shape index (κ3) is 4.29. The van der Waals surface area contributed by atoms with Crippen LogP contribution in [0.1, 0.15) is 27.2 Å². The van der Waals surface area contributed by atoms with Crippen molar-refractivity contribution in [3.63, 3.8) is 0 Å². The molecule has 0 bridgehead atoms. The first kappa shape index (κ1) is 11.4. The van der Waals surface area contributed by atoms with Gasteiger partial charge in [0.15, 0.2) is 0 Å². The summed E-state index contributed by atoms with van der Waals surface area (Å²) < 4.78 is 5.25. The van der Waals surface area contributed by atoms with Crippen molar-refractivity contribution in [1.82, 2.24) is 0 Å². The highest BCUT2D eigenvalue weighted by atomic mass is 16.5. The smallest absolute Gasteiger partial charge is 0.145 e. The Kier molecular flexibility index (Phi) is 5.64. The Morgan fingerprint density at radius 1 is 1.50 bits per heavy atom. The van der Waals surface area contributed by atoms with Gasteiger partial charge in [-0.1, -0.05) is 19.9 Å². The summed E-state index contributed by atoms with van der Waals surface area (Å²) in [6, 6.07) is 0. The van der Waals surface area contributed by atoms with E-state index in [1.165, 1.54) is 0 Å². The number of aldehydes is 1. The molecule has 0 aromatic rings. The van der Waals surface area contributed by atoms with Gasteiger partial charge in [-0.05, 0) is 24.8 Å². The summed E-state index contributed by atoms with van der Waals surface area (Å²) in [4.78, 5) is 10.3. The molecule has 0 N–H and O–H groups in total. The van der Waals surface area contributed by atoms with Gasteiger partial charge in [0.05, 0.1) is 6.10 Å². The first-order valence-electron chi connectivity index (χ1n) is 4.26. The fraction of sp³-hybridized carbons (Fsp3) is 0.700. The predicted octanol–water partition coefficient (Wildman–Crippen LogP) is 2.19. The van der Waals surface area contributed by atoms with Crippen LogP contribution in [-0.4, -0.2) is 19.5 Å². The molecule has 2 nitrogen and oxygen atoms in total. The Bertz CT molecular complexity index is 159. The van der Waals surface area contributed by atoms with E-state index in [1.54, 1.807) is 14.0 Å². The third-order valence-corrected chi connectivity index (χ3v) is 1.90. The number of rotatable bonds is 5. The van der Waals surface area contributed by atoms with Crippen molar-refractivity contribution in [1.29, 1.82) is 0 Å². The molecule has 0 saturated heterocycles. The van der Waals surface area contributed by atoms with Crippen LogP contribution in [0, 0.1) is 5.92 Å². The van der Waals surface area contributed by atoms with Gasteiger partial charge in [0.1, 0.15) is 6.29 Å². The molecule has 0 heterocycles. The van der Waals surface area contributed by atoms with Crippen molar-refractivity contribution >= 4 is 6.29 Å². The number of ether oxygens (including phenoxy) is 1. The first-order chi connectivity index (χ1) is 5.61. The molecule has 0 saturated carbocycles. The van der Waals surface area contributed by atoms with E-state index in [2.05, 4.69) is 13.8 Å². The highest BCUT2D eigenvalue weighted by Gasteiger charge is 2.09. The fourth-order valence-electron chi connectivity index (χ4n) is 0.991. The van der Waals surface area contributed by atoms with Crippen LogP contribution >= 0.6 is 0 Å². The van der Waals surface area contributed by atoms with Crippen LogP contribution in [0.15, 0.2) is 11.6 Å². The molecule has 2 heteroatoms. The monoisotopic (exact) mass is 170 g/mol. The molecule has 1 atom stereocenters. The lowest BCUT2D eigenvalue weighted by atomic mass is 10.0. The number of allylic oxidation sites excluding steroid dienone is 1. The molecule has 70 valence electrons. The second-order valence-electron chi connectivity index (χ2n) is 3.32. The van der Waals surface area contributed by atoms with E-state index in [9.17, 15) is 4.79 Å². The normalized spacial score (nSPS) is 14.9. The van der Waals surface area contributed by atoms with Gasteiger partial charge < -0.3 is 4.74 Å². The van der Waals surface area contributed by atoms with E-state index in [-0.39, 0.29) is 6.10 Å². The van der Waals surface area contributed by atoms with Crippen LogP contribution < -0.4 is 0 Å². The summed E-state index contributed by atoms with van der Waals surface area (Å²) in [6.45, 7) is 6.02. The number of methoxy groups -OCH3 is 1. The van der Waals surface area contributed by atoms with Crippen LogP contribution in [0.5, 0.6) is 0 Å².